The van der Waals surface area contributed by atoms with E-state index in [1.165, 1.54) is 32.1 Å². The molecule has 1 aromatic rings. The molecule has 3 unspecified atom stereocenters. The zero-order valence-corrected chi connectivity index (χ0v) is 12.9. The van der Waals surface area contributed by atoms with E-state index in [9.17, 15) is 0 Å². The number of rotatable bonds is 6. The highest BCUT2D eigenvalue weighted by molar-refractivity contribution is 5.15. The first kappa shape index (κ1) is 15.2. The van der Waals surface area contributed by atoms with E-state index < -0.39 is 0 Å². The van der Waals surface area contributed by atoms with E-state index in [-0.39, 0.29) is 0 Å². The Morgan fingerprint density at radius 3 is 2.75 bits per heavy atom. The van der Waals surface area contributed by atoms with Crippen molar-refractivity contribution in [1.29, 1.82) is 0 Å². The minimum absolute atomic E-state index is 0.327. The normalized spacial score (nSPS) is 24.4. The molecule has 0 bridgehead atoms. The molecule has 0 spiro atoms. The average molecular weight is 277 g/mol. The molecule has 0 radical (unpaired) electrons. The molecule has 4 heteroatoms. The lowest BCUT2D eigenvalue weighted by molar-refractivity contribution is 0.207. The van der Waals surface area contributed by atoms with Crippen LogP contribution in [0.15, 0.2) is 12.1 Å². The number of aromatic nitrogens is 2. The van der Waals surface area contributed by atoms with Gasteiger partial charge in [0.2, 0.25) is 5.88 Å². The van der Waals surface area contributed by atoms with E-state index in [0.29, 0.717) is 17.8 Å². The fraction of sp³-hybridized carbons (Fsp3) is 0.750. The van der Waals surface area contributed by atoms with Gasteiger partial charge in [0.25, 0.3) is 0 Å². The van der Waals surface area contributed by atoms with E-state index in [0.717, 1.165) is 18.2 Å². The van der Waals surface area contributed by atoms with Gasteiger partial charge in [-0.1, -0.05) is 33.1 Å². The second-order valence-electron chi connectivity index (χ2n) is 5.74. The van der Waals surface area contributed by atoms with Crippen molar-refractivity contribution < 1.29 is 4.74 Å². The highest BCUT2D eigenvalue weighted by Crippen LogP contribution is 2.37. The van der Waals surface area contributed by atoms with Crippen molar-refractivity contribution in [3.8, 4) is 5.88 Å². The smallest absolute Gasteiger partial charge is 0.233 e. The Balaban J connectivity index is 2.12. The molecule has 20 heavy (non-hydrogen) atoms. The molecule has 1 heterocycles. The van der Waals surface area contributed by atoms with Crippen LogP contribution in [0.25, 0.3) is 0 Å². The Morgan fingerprint density at radius 1 is 1.30 bits per heavy atom. The van der Waals surface area contributed by atoms with Crippen molar-refractivity contribution in [2.45, 2.75) is 52.0 Å². The van der Waals surface area contributed by atoms with Crippen LogP contribution < -0.4 is 10.1 Å². The zero-order chi connectivity index (χ0) is 14.4. The van der Waals surface area contributed by atoms with Gasteiger partial charge in [0.05, 0.1) is 18.8 Å². The van der Waals surface area contributed by atoms with Gasteiger partial charge in [-0.2, -0.15) is 5.10 Å². The van der Waals surface area contributed by atoms with Gasteiger partial charge >= 0.3 is 0 Å². The lowest BCUT2D eigenvalue weighted by Crippen LogP contribution is -2.32. The van der Waals surface area contributed by atoms with Crippen LogP contribution in [0, 0.1) is 11.8 Å². The fourth-order valence-electron chi connectivity index (χ4n) is 3.34. The van der Waals surface area contributed by atoms with E-state index in [1.807, 2.05) is 6.07 Å². The van der Waals surface area contributed by atoms with Gasteiger partial charge in [0.1, 0.15) is 0 Å². The number of nitrogens with one attached hydrogen (secondary N) is 1. The molecule has 3 atom stereocenters. The third-order valence-electron chi connectivity index (χ3n) is 4.48. The van der Waals surface area contributed by atoms with Crippen molar-refractivity contribution >= 4 is 0 Å². The van der Waals surface area contributed by atoms with Crippen LogP contribution in [0.1, 0.15) is 57.7 Å². The quantitative estimate of drug-likeness (QED) is 0.866. The monoisotopic (exact) mass is 277 g/mol. The van der Waals surface area contributed by atoms with Crippen LogP contribution in [-0.2, 0) is 0 Å². The molecular weight excluding hydrogens is 250 g/mol. The van der Waals surface area contributed by atoms with Crippen molar-refractivity contribution in [1.82, 2.24) is 15.5 Å². The Kier molecular flexibility index (Phi) is 5.77. The molecule has 1 fully saturated rings. The summed E-state index contributed by atoms with van der Waals surface area (Å²) in [7, 11) is 1.62. The third kappa shape index (κ3) is 3.69. The Bertz CT molecular complexity index is 393. The number of nitrogens with zero attached hydrogens (tertiary/aromatic N) is 2. The van der Waals surface area contributed by atoms with Crippen LogP contribution in [0.3, 0.4) is 0 Å². The Morgan fingerprint density at radius 2 is 2.15 bits per heavy atom. The molecule has 0 amide bonds. The Hall–Kier alpha value is -1.16. The maximum Gasteiger partial charge on any atom is 0.233 e. The molecule has 0 aromatic carbocycles. The van der Waals surface area contributed by atoms with Gasteiger partial charge in [-0.25, -0.2) is 0 Å². The second kappa shape index (κ2) is 7.58. The minimum atomic E-state index is 0.327. The zero-order valence-electron chi connectivity index (χ0n) is 12.9. The molecule has 1 N–H and O–H groups in total. The first-order valence-corrected chi connectivity index (χ1v) is 7.89. The summed E-state index contributed by atoms with van der Waals surface area (Å²) < 4.78 is 5.09. The topological polar surface area (TPSA) is 47.0 Å². The third-order valence-corrected chi connectivity index (χ3v) is 4.48. The molecule has 4 nitrogen and oxygen atoms in total. The van der Waals surface area contributed by atoms with Crippen molar-refractivity contribution in [2.24, 2.45) is 11.8 Å². The van der Waals surface area contributed by atoms with E-state index in [4.69, 9.17) is 4.74 Å². The van der Waals surface area contributed by atoms with Crippen LogP contribution in [0.4, 0.5) is 0 Å². The van der Waals surface area contributed by atoms with Gasteiger partial charge in [-0.3, -0.25) is 0 Å². The molecule has 1 aliphatic carbocycles. The summed E-state index contributed by atoms with van der Waals surface area (Å²) in [4.78, 5) is 0. The largest absolute Gasteiger partial charge is 0.480 e. The summed E-state index contributed by atoms with van der Waals surface area (Å²) in [6.07, 6.45) is 6.63. The lowest BCUT2D eigenvalue weighted by atomic mass is 9.76. The average Bonchev–Trinajstić information content (AvgIpc) is 2.53. The SMILES string of the molecule is CCNC(c1ccc(OC)nn1)C1CCCC(CC)C1. The van der Waals surface area contributed by atoms with Gasteiger partial charge in [0.15, 0.2) is 0 Å². The van der Waals surface area contributed by atoms with E-state index in [2.05, 4.69) is 35.4 Å². The number of hydrogen-bond acceptors (Lipinski definition) is 4. The maximum absolute atomic E-state index is 5.09. The first-order chi connectivity index (χ1) is 9.78. The van der Waals surface area contributed by atoms with Crippen LogP contribution in [-0.4, -0.2) is 23.9 Å². The predicted octanol–water partition coefficient (Wildman–Crippen LogP) is 3.35. The number of ether oxygens (including phenoxy) is 1. The predicted molar refractivity (Wildman–Crippen MR) is 80.7 cm³/mol. The summed E-state index contributed by atoms with van der Waals surface area (Å²) in [5.41, 5.74) is 1.05. The highest BCUT2D eigenvalue weighted by Gasteiger charge is 2.29. The molecule has 1 saturated carbocycles. The summed E-state index contributed by atoms with van der Waals surface area (Å²) in [6.45, 7) is 5.43. The summed E-state index contributed by atoms with van der Waals surface area (Å²) >= 11 is 0. The lowest BCUT2D eigenvalue weighted by Gasteiger charge is -2.34. The summed E-state index contributed by atoms with van der Waals surface area (Å²) in [5, 5.41) is 12.1. The first-order valence-electron chi connectivity index (χ1n) is 7.89. The van der Waals surface area contributed by atoms with Crippen LogP contribution >= 0.6 is 0 Å². The van der Waals surface area contributed by atoms with Crippen molar-refractivity contribution in [3.63, 3.8) is 0 Å². The standard InChI is InChI=1S/C16H27N3O/c1-4-12-7-6-8-13(11-12)16(17-5-2)14-9-10-15(20-3)19-18-14/h9-10,12-13,16-17H,4-8,11H2,1-3H3. The summed E-state index contributed by atoms with van der Waals surface area (Å²) in [6, 6.07) is 4.29. The fourth-order valence-corrected chi connectivity index (χ4v) is 3.34. The molecule has 1 aromatic heterocycles. The van der Waals surface area contributed by atoms with Gasteiger partial charge < -0.3 is 10.1 Å². The number of hydrogen-bond donors (Lipinski definition) is 1. The molecule has 0 saturated heterocycles. The number of methoxy groups -OCH3 is 1. The van der Waals surface area contributed by atoms with E-state index in [1.54, 1.807) is 7.11 Å². The molecular formula is C16H27N3O. The molecule has 112 valence electrons. The Labute approximate surface area is 122 Å². The maximum atomic E-state index is 5.09. The van der Waals surface area contributed by atoms with E-state index >= 15 is 0 Å². The van der Waals surface area contributed by atoms with Crippen LogP contribution in [0.2, 0.25) is 0 Å². The van der Waals surface area contributed by atoms with Gasteiger partial charge in [0, 0.05) is 6.07 Å². The molecule has 1 aliphatic rings. The van der Waals surface area contributed by atoms with Crippen molar-refractivity contribution in [3.05, 3.63) is 17.8 Å². The van der Waals surface area contributed by atoms with Crippen LogP contribution in [0.5, 0.6) is 5.88 Å². The second-order valence-corrected chi connectivity index (χ2v) is 5.74. The highest BCUT2D eigenvalue weighted by atomic mass is 16.5. The summed E-state index contributed by atoms with van der Waals surface area (Å²) in [5.74, 6) is 2.14. The molecule has 2 rings (SSSR count). The van der Waals surface area contributed by atoms with Gasteiger partial charge in [-0.15, -0.1) is 5.10 Å². The van der Waals surface area contributed by atoms with Crippen molar-refractivity contribution in [2.75, 3.05) is 13.7 Å². The molecule has 0 aliphatic heterocycles. The minimum Gasteiger partial charge on any atom is -0.480 e. The van der Waals surface area contributed by atoms with Gasteiger partial charge in [-0.05, 0) is 37.3 Å².